The molecule has 0 bridgehead atoms. The molecule has 21 heavy (non-hydrogen) atoms. The molecule has 0 saturated carbocycles. The van der Waals surface area contributed by atoms with Gasteiger partial charge >= 0.3 is 0 Å². The number of hydrogen-bond donors (Lipinski definition) is 1. The van der Waals surface area contributed by atoms with E-state index in [1.165, 1.54) is 0 Å². The zero-order valence-electron chi connectivity index (χ0n) is 13.0. The molecule has 1 saturated heterocycles. The van der Waals surface area contributed by atoms with Crippen LogP contribution in [0.2, 0.25) is 0 Å². The smallest absolute Gasteiger partial charge is 0.225 e. The Morgan fingerprint density at radius 3 is 2.62 bits per heavy atom. The highest BCUT2D eigenvalue weighted by Crippen LogP contribution is 2.22. The van der Waals surface area contributed by atoms with Gasteiger partial charge in [0, 0.05) is 45.0 Å². The minimum absolute atomic E-state index is 0.172. The minimum Gasteiger partial charge on any atom is -0.355 e. The van der Waals surface area contributed by atoms with Crippen molar-refractivity contribution in [2.75, 3.05) is 45.2 Å². The second-order valence-electron chi connectivity index (χ2n) is 5.84. The molecule has 0 spiro atoms. The number of piperidine rings is 1. The fourth-order valence-electron chi connectivity index (χ4n) is 2.54. The van der Waals surface area contributed by atoms with Crippen molar-refractivity contribution in [3.05, 3.63) is 18.5 Å². The third kappa shape index (κ3) is 5.30. The molecule has 0 radical (unpaired) electrons. The van der Waals surface area contributed by atoms with Crippen LogP contribution >= 0.6 is 0 Å². The minimum atomic E-state index is 0.172. The number of nitrogens with one attached hydrogen (secondary N) is 1. The Morgan fingerprint density at radius 1 is 1.33 bits per heavy atom. The number of carbonyl (C=O) groups excluding carboxylic acids is 1. The van der Waals surface area contributed by atoms with E-state index in [1.807, 2.05) is 20.2 Å². The van der Waals surface area contributed by atoms with Gasteiger partial charge in [-0.3, -0.25) is 4.79 Å². The number of nitrogens with zero attached hydrogens (tertiary/aromatic N) is 4. The van der Waals surface area contributed by atoms with E-state index in [4.69, 9.17) is 0 Å². The molecule has 0 atom stereocenters. The molecule has 1 aliphatic heterocycles. The van der Waals surface area contributed by atoms with Gasteiger partial charge in [0.15, 0.2) is 0 Å². The van der Waals surface area contributed by atoms with Crippen LogP contribution < -0.4 is 10.2 Å². The average molecular weight is 291 g/mol. The maximum absolute atomic E-state index is 11.9. The first-order chi connectivity index (χ1) is 10.1. The van der Waals surface area contributed by atoms with Crippen LogP contribution in [-0.2, 0) is 4.79 Å². The molecular weight excluding hydrogens is 266 g/mol. The monoisotopic (exact) mass is 291 g/mol. The van der Waals surface area contributed by atoms with Crippen LogP contribution in [0.3, 0.4) is 0 Å². The lowest BCUT2D eigenvalue weighted by molar-refractivity contribution is -0.122. The summed E-state index contributed by atoms with van der Waals surface area (Å²) in [5.74, 6) is 1.45. The molecule has 1 aromatic heterocycles. The van der Waals surface area contributed by atoms with Gasteiger partial charge in [-0.15, -0.1) is 0 Å². The van der Waals surface area contributed by atoms with Crippen molar-refractivity contribution in [3.63, 3.8) is 0 Å². The van der Waals surface area contributed by atoms with Gasteiger partial charge in [0.2, 0.25) is 11.9 Å². The molecule has 0 aliphatic carbocycles. The fourth-order valence-corrected chi connectivity index (χ4v) is 2.54. The van der Waals surface area contributed by atoms with Gasteiger partial charge in [-0.2, -0.15) is 0 Å². The van der Waals surface area contributed by atoms with E-state index < -0.39 is 0 Å². The summed E-state index contributed by atoms with van der Waals surface area (Å²) in [7, 11) is 4.01. The zero-order chi connectivity index (χ0) is 15.1. The molecule has 116 valence electrons. The second-order valence-corrected chi connectivity index (χ2v) is 5.84. The highest BCUT2D eigenvalue weighted by atomic mass is 16.1. The molecule has 6 nitrogen and oxygen atoms in total. The zero-order valence-corrected chi connectivity index (χ0v) is 13.0. The first kappa shape index (κ1) is 15.7. The normalized spacial score (nSPS) is 16.2. The first-order valence-corrected chi connectivity index (χ1v) is 7.58. The van der Waals surface area contributed by atoms with Crippen LogP contribution in [0.5, 0.6) is 0 Å². The Hall–Kier alpha value is -1.69. The fraction of sp³-hybridized carbons (Fsp3) is 0.667. The molecule has 1 aromatic rings. The quantitative estimate of drug-likeness (QED) is 0.838. The molecule has 0 unspecified atom stereocenters. The summed E-state index contributed by atoms with van der Waals surface area (Å²) in [5, 5.41) is 2.99. The van der Waals surface area contributed by atoms with Gasteiger partial charge in [-0.25, -0.2) is 9.97 Å². The van der Waals surface area contributed by atoms with Crippen molar-refractivity contribution in [2.45, 2.75) is 19.3 Å². The lowest BCUT2D eigenvalue weighted by atomic mass is 9.93. The van der Waals surface area contributed by atoms with Crippen LogP contribution in [0, 0.1) is 5.92 Å². The third-order valence-electron chi connectivity index (χ3n) is 3.80. The molecule has 6 heteroatoms. The van der Waals surface area contributed by atoms with Gasteiger partial charge in [0.1, 0.15) is 0 Å². The Morgan fingerprint density at radius 2 is 2.00 bits per heavy atom. The van der Waals surface area contributed by atoms with Crippen molar-refractivity contribution in [1.29, 1.82) is 0 Å². The van der Waals surface area contributed by atoms with E-state index >= 15 is 0 Å². The summed E-state index contributed by atoms with van der Waals surface area (Å²) in [6.07, 6.45) is 6.23. The lowest BCUT2D eigenvalue weighted by Gasteiger charge is -2.31. The first-order valence-electron chi connectivity index (χ1n) is 7.58. The van der Waals surface area contributed by atoms with E-state index in [9.17, 15) is 4.79 Å². The number of aromatic nitrogens is 2. The molecule has 1 aliphatic rings. The summed E-state index contributed by atoms with van der Waals surface area (Å²) in [4.78, 5) is 24.7. The summed E-state index contributed by atoms with van der Waals surface area (Å²) < 4.78 is 0. The topological polar surface area (TPSA) is 61.4 Å². The van der Waals surface area contributed by atoms with Gasteiger partial charge in [-0.05, 0) is 38.9 Å². The van der Waals surface area contributed by atoms with Crippen molar-refractivity contribution < 1.29 is 4.79 Å². The van der Waals surface area contributed by atoms with Crippen LogP contribution in [0.1, 0.15) is 19.3 Å². The largest absolute Gasteiger partial charge is 0.355 e. The Labute approximate surface area is 126 Å². The maximum atomic E-state index is 11.9. The third-order valence-corrected chi connectivity index (χ3v) is 3.80. The van der Waals surface area contributed by atoms with Crippen molar-refractivity contribution in [2.24, 2.45) is 5.92 Å². The summed E-state index contributed by atoms with van der Waals surface area (Å²) in [5.41, 5.74) is 0. The van der Waals surface area contributed by atoms with Gasteiger partial charge < -0.3 is 15.1 Å². The van der Waals surface area contributed by atoms with E-state index in [2.05, 4.69) is 25.1 Å². The van der Waals surface area contributed by atoms with Crippen LogP contribution in [0.25, 0.3) is 0 Å². The molecule has 1 amide bonds. The summed E-state index contributed by atoms with van der Waals surface area (Å²) >= 11 is 0. The number of rotatable bonds is 6. The van der Waals surface area contributed by atoms with Gasteiger partial charge in [0.05, 0.1) is 0 Å². The predicted octanol–water partition coefficient (Wildman–Crippen LogP) is 0.761. The predicted molar refractivity (Wildman–Crippen MR) is 83.1 cm³/mol. The summed E-state index contributed by atoms with van der Waals surface area (Å²) in [6, 6.07) is 1.83. The molecule has 2 rings (SSSR count). The van der Waals surface area contributed by atoms with Crippen molar-refractivity contribution in [3.8, 4) is 0 Å². The van der Waals surface area contributed by atoms with Gasteiger partial charge in [-0.1, -0.05) is 0 Å². The standard InChI is InChI=1S/C15H25N5O/c1-19(2)11-8-16-14(21)12-13-4-9-20(10-5-13)15-17-6-3-7-18-15/h3,6-7,13H,4-5,8-12H2,1-2H3,(H,16,21). The SMILES string of the molecule is CN(C)CCNC(=O)CC1CCN(c2ncccn2)CC1. The van der Waals surface area contributed by atoms with E-state index in [0.29, 0.717) is 12.3 Å². The Balaban J connectivity index is 1.68. The number of anilines is 1. The van der Waals surface area contributed by atoms with Crippen molar-refractivity contribution >= 4 is 11.9 Å². The Bertz CT molecular complexity index is 429. The van der Waals surface area contributed by atoms with E-state index in [-0.39, 0.29) is 5.91 Å². The number of likely N-dealkylation sites (N-methyl/N-ethyl adjacent to an activating group) is 1. The number of hydrogen-bond acceptors (Lipinski definition) is 5. The average Bonchev–Trinajstić information content (AvgIpc) is 2.48. The molecule has 0 aromatic carbocycles. The highest BCUT2D eigenvalue weighted by molar-refractivity contribution is 5.76. The van der Waals surface area contributed by atoms with E-state index in [1.54, 1.807) is 12.4 Å². The molecule has 1 fully saturated rings. The van der Waals surface area contributed by atoms with Crippen molar-refractivity contribution in [1.82, 2.24) is 20.2 Å². The molecule has 2 heterocycles. The van der Waals surface area contributed by atoms with Crippen LogP contribution in [0.4, 0.5) is 5.95 Å². The molecular formula is C15H25N5O. The number of carbonyl (C=O) groups is 1. The number of amides is 1. The summed E-state index contributed by atoms with van der Waals surface area (Å²) in [6.45, 7) is 3.47. The molecule has 1 N–H and O–H groups in total. The van der Waals surface area contributed by atoms with Crippen LogP contribution in [-0.4, -0.2) is 61.0 Å². The van der Waals surface area contributed by atoms with Crippen LogP contribution in [0.15, 0.2) is 18.5 Å². The van der Waals surface area contributed by atoms with Gasteiger partial charge in [0.25, 0.3) is 0 Å². The second kappa shape index (κ2) is 7.93. The Kier molecular flexibility index (Phi) is 5.92. The lowest BCUT2D eigenvalue weighted by Crippen LogP contribution is -2.37. The van der Waals surface area contributed by atoms with E-state index in [0.717, 1.165) is 45.0 Å². The highest BCUT2D eigenvalue weighted by Gasteiger charge is 2.22. The maximum Gasteiger partial charge on any atom is 0.225 e.